The smallest absolute Gasteiger partial charge is 0.244 e. The van der Waals surface area contributed by atoms with Gasteiger partial charge in [0.05, 0.1) is 11.9 Å². The summed E-state index contributed by atoms with van der Waals surface area (Å²) in [5, 5.41) is 2.88. The summed E-state index contributed by atoms with van der Waals surface area (Å²) in [5.41, 5.74) is 1.85. The Morgan fingerprint density at radius 1 is 1.03 bits per heavy atom. The van der Waals surface area contributed by atoms with Crippen molar-refractivity contribution in [2.75, 3.05) is 17.1 Å². The fraction of sp³-hybridized carbons (Fsp3) is 0.423. The summed E-state index contributed by atoms with van der Waals surface area (Å²) in [6.07, 6.45) is 1.00. The van der Waals surface area contributed by atoms with Crippen molar-refractivity contribution in [2.24, 2.45) is 0 Å². The molecule has 1 N–H and O–H groups in total. The molecule has 0 radical (unpaired) electrons. The van der Waals surface area contributed by atoms with Gasteiger partial charge in [0.25, 0.3) is 0 Å². The number of rotatable bonds is 9. The SMILES string of the molecule is CC(=O)c1cccc(N(CC(=O)N(Cc2cccc(C)c2)[C@H](C)C(=O)NC(C)(C)C)S(C)(=O)=O)c1. The van der Waals surface area contributed by atoms with Crippen LogP contribution in [0.1, 0.15) is 56.1 Å². The first-order chi connectivity index (χ1) is 16.1. The average molecular weight is 502 g/mol. The maximum absolute atomic E-state index is 13.6. The van der Waals surface area contributed by atoms with Gasteiger partial charge in [0.15, 0.2) is 5.78 Å². The van der Waals surface area contributed by atoms with Crippen LogP contribution < -0.4 is 9.62 Å². The third kappa shape index (κ3) is 8.20. The summed E-state index contributed by atoms with van der Waals surface area (Å²) in [5.74, 6) is -1.11. The van der Waals surface area contributed by atoms with E-state index in [1.807, 2.05) is 52.0 Å². The first kappa shape index (κ1) is 28.0. The van der Waals surface area contributed by atoms with Crippen LogP contribution in [0.25, 0.3) is 0 Å². The number of carbonyl (C=O) groups excluding carboxylic acids is 3. The first-order valence-corrected chi connectivity index (χ1v) is 13.2. The van der Waals surface area contributed by atoms with Crippen molar-refractivity contribution in [3.8, 4) is 0 Å². The van der Waals surface area contributed by atoms with Crippen LogP contribution in [0.2, 0.25) is 0 Å². The Balaban J connectivity index is 2.45. The van der Waals surface area contributed by atoms with Crippen molar-refractivity contribution < 1.29 is 22.8 Å². The highest BCUT2D eigenvalue weighted by molar-refractivity contribution is 7.92. The molecule has 0 aliphatic carbocycles. The number of Topliss-reactive ketones (excluding diaryl/α,β-unsaturated/α-hetero) is 1. The number of hydrogen-bond acceptors (Lipinski definition) is 5. The van der Waals surface area contributed by atoms with Gasteiger partial charge in [0.2, 0.25) is 21.8 Å². The molecule has 35 heavy (non-hydrogen) atoms. The number of carbonyl (C=O) groups is 3. The summed E-state index contributed by atoms with van der Waals surface area (Å²) in [6.45, 7) is 10.1. The molecule has 0 fully saturated rings. The van der Waals surface area contributed by atoms with Gasteiger partial charge in [-0.05, 0) is 59.2 Å². The molecule has 0 aromatic heterocycles. The number of amides is 2. The molecule has 0 unspecified atom stereocenters. The number of anilines is 1. The maximum Gasteiger partial charge on any atom is 0.244 e. The van der Waals surface area contributed by atoms with Crippen molar-refractivity contribution >= 4 is 33.3 Å². The molecular weight excluding hydrogens is 466 g/mol. The third-order valence-electron chi connectivity index (χ3n) is 5.32. The van der Waals surface area contributed by atoms with Crippen LogP contribution >= 0.6 is 0 Å². The Labute approximate surface area is 208 Å². The van der Waals surface area contributed by atoms with Crippen LogP contribution in [-0.2, 0) is 26.2 Å². The number of benzene rings is 2. The van der Waals surface area contributed by atoms with Crippen LogP contribution in [0.15, 0.2) is 48.5 Å². The predicted octanol–water partition coefficient (Wildman–Crippen LogP) is 3.30. The Morgan fingerprint density at radius 3 is 2.20 bits per heavy atom. The van der Waals surface area contributed by atoms with E-state index in [1.165, 1.54) is 24.0 Å². The third-order valence-corrected chi connectivity index (χ3v) is 6.46. The second-order valence-corrected chi connectivity index (χ2v) is 11.7. The van der Waals surface area contributed by atoms with E-state index >= 15 is 0 Å². The number of sulfonamides is 1. The van der Waals surface area contributed by atoms with Crippen LogP contribution in [0, 0.1) is 6.92 Å². The largest absolute Gasteiger partial charge is 0.350 e. The van der Waals surface area contributed by atoms with Crippen molar-refractivity contribution in [3.63, 3.8) is 0 Å². The van der Waals surface area contributed by atoms with Gasteiger partial charge >= 0.3 is 0 Å². The minimum absolute atomic E-state index is 0.129. The van der Waals surface area contributed by atoms with E-state index in [2.05, 4.69) is 5.32 Å². The highest BCUT2D eigenvalue weighted by Crippen LogP contribution is 2.21. The molecule has 1 atom stereocenters. The summed E-state index contributed by atoms with van der Waals surface area (Å²) >= 11 is 0. The fourth-order valence-electron chi connectivity index (χ4n) is 3.56. The number of nitrogens with one attached hydrogen (secondary N) is 1. The molecule has 9 heteroatoms. The van der Waals surface area contributed by atoms with Gasteiger partial charge in [-0.2, -0.15) is 0 Å². The van der Waals surface area contributed by atoms with Crippen molar-refractivity contribution in [2.45, 2.75) is 59.7 Å². The standard InChI is InChI=1S/C26H35N3O5S/c1-18-10-8-11-21(14-18)16-28(19(2)25(32)27-26(4,5)6)24(31)17-29(35(7,33)34)23-13-9-12-22(15-23)20(3)30/h8-15,19H,16-17H2,1-7H3,(H,27,32)/t19-/m1/s1. The van der Waals surface area contributed by atoms with E-state index in [0.717, 1.165) is 21.7 Å². The summed E-state index contributed by atoms with van der Waals surface area (Å²) in [7, 11) is -3.87. The van der Waals surface area contributed by atoms with E-state index < -0.39 is 34.1 Å². The van der Waals surface area contributed by atoms with Crippen LogP contribution in [0.3, 0.4) is 0 Å². The lowest BCUT2D eigenvalue weighted by Crippen LogP contribution is -2.54. The molecule has 0 saturated carbocycles. The molecule has 0 saturated heterocycles. The van der Waals surface area contributed by atoms with Crippen molar-refractivity contribution in [1.29, 1.82) is 0 Å². The fourth-order valence-corrected chi connectivity index (χ4v) is 4.40. The predicted molar refractivity (Wildman–Crippen MR) is 138 cm³/mol. The zero-order chi connectivity index (χ0) is 26.6. The van der Waals surface area contributed by atoms with Crippen molar-refractivity contribution in [3.05, 3.63) is 65.2 Å². The van der Waals surface area contributed by atoms with Crippen LogP contribution in [0.4, 0.5) is 5.69 Å². The normalized spacial score (nSPS) is 12.5. The van der Waals surface area contributed by atoms with Gasteiger partial charge in [-0.3, -0.25) is 18.7 Å². The maximum atomic E-state index is 13.6. The van der Waals surface area contributed by atoms with Crippen LogP contribution in [-0.4, -0.2) is 55.3 Å². The van der Waals surface area contributed by atoms with Gasteiger partial charge in [0, 0.05) is 17.6 Å². The second kappa shape index (κ2) is 11.0. The van der Waals surface area contributed by atoms with Gasteiger partial charge in [-0.1, -0.05) is 42.0 Å². The lowest BCUT2D eigenvalue weighted by molar-refractivity contribution is -0.140. The monoisotopic (exact) mass is 501 g/mol. The minimum Gasteiger partial charge on any atom is -0.350 e. The van der Waals surface area contributed by atoms with E-state index in [4.69, 9.17) is 0 Å². The quantitative estimate of drug-likeness (QED) is 0.531. The number of nitrogens with zero attached hydrogens (tertiary/aromatic N) is 2. The summed E-state index contributed by atoms with van der Waals surface area (Å²) in [4.78, 5) is 39.7. The Kier molecular flexibility index (Phi) is 8.84. The molecule has 0 aliphatic rings. The molecule has 0 spiro atoms. The minimum atomic E-state index is -3.87. The van der Waals surface area contributed by atoms with Gasteiger partial charge in [-0.15, -0.1) is 0 Å². The van der Waals surface area contributed by atoms with E-state index in [1.54, 1.807) is 19.1 Å². The van der Waals surface area contributed by atoms with Gasteiger partial charge < -0.3 is 10.2 Å². The summed E-state index contributed by atoms with van der Waals surface area (Å²) < 4.78 is 26.3. The molecule has 190 valence electrons. The number of hydrogen-bond donors (Lipinski definition) is 1. The topological polar surface area (TPSA) is 104 Å². The van der Waals surface area contributed by atoms with Crippen molar-refractivity contribution in [1.82, 2.24) is 10.2 Å². The molecule has 8 nitrogen and oxygen atoms in total. The van der Waals surface area contributed by atoms with Crippen LogP contribution in [0.5, 0.6) is 0 Å². The van der Waals surface area contributed by atoms with E-state index in [9.17, 15) is 22.8 Å². The second-order valence-electron chi connectivity index (χ2n) is 9.80. The molecule has 2 aromatic carbocycles. The lowest BCUT2D eigenvalue weighted by Gasteiger charge is -2.33. The molecule has 0 aliphatic heterocycles. The first-order valence-electron chi connectivity index (χ1n) is 11.3. The number of ketones is 1. The highest BCUT2D eigenvalue weighted by Gasteiger charge is 2.31. The molecule has 0 heterocycles. The van der Waals surface area contributed by atoms with Gasteiger partial charge in [-0.25, -0.2) is 8.42 Å². The van der Waals surface area contributed by atoms with Gasteiger partial charge in [0.1, 0.15) is 12.6 Å². The Hall–Kier alpha value is -3.20. The molecule has 2 aromatic rings. The zero-order valence-electron chi connectivity index (χ0n) is 21.5. The lowest BCUT2D eigenvalue weighted by atomic mass is 10.1. The molecule has 0 bridgehead atoms. The number of aryl methyl sites for hydroxylation is 1. The molecule has 2 amide bonds. The Morgan fingerprint density at radius 2 is 1.66 bits per heavy atom. The zero-order valence-corrected chi connectivity index (χ0v) is 22.3. The average Bonchev–Trinajstić information content (AvgIpc) is 2.73. The van der Waals surface area contributed by atoms with E-state index in [-0.39, 0.29) is 23.9 Å². The molecule has 2 rings (SSSR count). The Bertz CT molecular complexity index is 1200. The van der Waals surface area contributed by atoms with E-state index in [0.29, 0.717) is 5.56 Å². The summed E-state index contributed by atoms with van der Waals surface area (Å²) in [6, 6.07) is 12.8. The highest BCUT2D eigenvalue weighted by atomic mass is 32.2. The molecular formula is C26H35N3O5S.